The van der Waals surface area contributed by atoms with Crippen LogP contribution in [0.4, 0.5) is 0 Å². The summed E-state index contributed by atoms with van der Waals surface area (Å²) in [6, 6.07) is 0.853. The number of halogens is 2. The minimum Gasteiger partial charge on any atom is -0.248 e. The number of alkyl halides is 1. The van der Waals surface area contributed by atoms with E-state index in [2.05, 4.69) is 55.6 Å². The Kier molecular flexibility index (Phi) is 4.23. The van der Waals surface area contributed by atoms with Crippen molar-refractivity contribution >= 4 is 45.5 Å². The minimum atomic E-state index is 0.853. The van der Waals surface area contributed by atoms with Crippen molar-refractivity contribution in [3.8, 4) is 0 Å². The zero-order chi connectivity index (χ0) is 7.56. The maximum Gasteiger partial charge on any atom is 0.0201 e. The third kappa shape index (κ3) is 2.81. The molecular formula is C7H13I2N. The van der Waals surface area contributed by atoms with E-state index in [-0.39, 0.29) is 0 Å². The lowest BCUT2D eigenvalue weighted by molar-refractivity contribution is 0.333. The first-order valence-corrected chi connectivity index (χ1v) is 5.94. The molecule has 1 nitrogen and oxygen atoms in total. The van der Waals surface area contributed by atoms with Gasteiger partial charge in [-0.25, -0.2) is 3.11 Å². The molecule has 0 bridgehead atoms. The molecule has 0 saturated heterocycles. The first-order chi connectivity index (χ1) is 4.70. The summed E-state index contributed by atoms with van der Waals surface area (Å²) in [7, 11) is 2.18. The molecule has 0 spiro atoms. The van der Waals surface area contributed by atoms with Gasteiger partial charge in [0.2, 0.25) is 0 Å². The Morgan fingerprint density at radius 2 is 1.70 bits per heavy atom. The summed E-state index contributed by atoms with van der Waals surface area (Å²) >= 11 is 4.97. The van der Waals surface area contributed by atoms with E-state index in [0.717, 1.165) is 9.97 Å². The molecule has 0 aromatic heterocycles. The molecule has 0 aliphatic heterocycles. The molecule has 0 radical (unpaired) electrons. The first-order valence-electron chi connectivity index (χ1n) is 3.73. The van der Waals surface area contributed by atoms with E-state index in [1.54, 1.807) is 0 Å². The highest BCUT2D eigenvalue weighted by Gasteiger charge is 2.20. The topological polar surface area (TPSA) is 3.24 Å². The van der Waals surface area contributed by atoms with Gasteiger partial charge in [-0.15, -0.1) is 0 Å². The van der Waals surface area contributed by atoms with Crippen LogP contribution in [-0.4, -0.2) is 20.1 Å². The predicted octanol–water partition coefficient (Wildman–Crippen LogP) is 3.01. The summed E-state index contributed by atoms with van der Waals surface area (Å²) in [5.74, 6) is 0. The molecule has 60 valence electrons. The Morgan fingerprint density at radius 1 is 1.20 bits per heavy atom. The standard InChI is InChI=1S/C7H13I2N/c1-10(9)7-4-2-6(8)3-5-7/h6-7H,2-5H2,1H3. The van der Waals surface area contributed by atoms with Gasteiger partial charge < -0.3 is 0 Å². The van der Waals surface area contributed by atoms with Crippen molar-refractivity contribution in [2.45, 2.75) is 35.6 Å². The van der Waals surface area contributed by atoms with E-state index in [9.17, 15) is 0 Å². The lowest BCUT2D eigenvalue weighted by Gasteiger charge is -2.28. The average molecular weight is 365 g/mol. The molecule has 1 fully saturated rings. The van der Waals surface area contributed by atoms with Crippen molar-refractivity contribution in [1.29, 1.82) is 0 Å². The van der Waals surface area contributed by atoms with Crippen LogP contribution >= 0.6 is 45.5 Å². The van der Waals surface area contributed by atoms with Crippen molar-refractivity contribution < 1.29 is 0 Å². The summed E-state index contributed by atoms with van der Waals surface area (Å²) in [6.45, 7) is 0. The number of hydrogen-bond donors (Lipinski definition) is 0. The van der Waals surface area contributed by atoms with Gasteiger partial charge in [0.25, 0.3) is 0 Å². The van der Waals surface area contributed by atoms with Crippen molar-refractivity contribution in [1.82, 2.24) is 3.11 Å². The van der Waals surface area contributed by atoms with Gasteiger partial charge in [-0.2, -0.15) is 0 Å². The van der Waals surface area contributed by atoms with Crippen LogP contribution in [0.15, 0.2) is 0 Å². The molecule has 0 aromatic carbocycles. The maximum atomic E-state index is 2.57. The van der Waals surface area contributed by atoms with Gasteiger partial charge in [0, 0.05) is 32.8 Å². The van der Waals surface area contributed by atoms with Gasteiger partial charge in [0.15, 0.2) is 0 Å². The summed E-state index contributed by atoms with van der Waals surface area (Å²) < 4.78 is 3.28. The van der Waals surface area contributed by atoms with Gasteiger partial charge in [0.05, 0.1) is 0 Å². The highest BCUT2D eigenvalue weighted by atomic mass is 127. The Labute approximate surface area is 90.6 Å². The highest BCUT2D eigenvalue weighted by molar-refractivity contribution is 14.1. The molecular weight excluding hydrogens is 352 g/mol. The summed E-state index contributed by atoms with van der Waals surface area (Å²) in [6.07, 6.45) is 5.62. The number of hydrogen-bond acceptors (Lipinski definition) is 1. The number of rotatable bonds is 1. The molecule has 1 aliphatic rings. The lowest BCUT2D eigenvalue weighted by atomic mass is 9.96. The fourth-order valence-electron chi connectivity index (χ4n) is 1.39. The van der Waals surface area contributed by atoms with Crippen LogP contribution in [0.5, 0.6) is 0 Å². The van der Waals surface area contributed by atoms with Crippen molar-refractivity contribution in [3.63, 3.8) is 0 Å². The third-order valence-electron chi connectivity index (χ3n) is 2.13. The molecule has 1 rings (SSSR count). The second-order valence-corrected chi connectivity index (χ2v) is 6.21. The quantitative estimate of drug-likeness (QED) is 0.393. The molecule has 1 saturated carbocycles. The molecule has 0 atom stereocenters. The molecule has 0 heterocycles. The number of nitrogens with zero attached hydrogens (tertiary/aromatic N) is 1. The molecule has 0 unspecified atom stereocenters. The minimum absolute atomic E-state index is 0.853. The Morgan fingerprint density at radius 3 is 2.10 bits per heavy atom. The van der Waals surface area contributed by atoms with Gasteiger partial charge in [-0.3, -0.25) is 0 Å². The largest absolute Gasteiger partial charge is 0.248 e. The van der Waals surface area contributed by atoms with Crippen molar-refractivity contribution in [2.24, 2.45) is 0 Å². The average Bonchev–Trinajstić information content (AvgIpc) is 1.88. The second-order valence-electron chi connectivity index (χ2n) is 2.93. The highest BCUT2D eigenvalue weighted by Crippen LogP contribution is 2.28. The zero-order valence-electron chi connectivity index (χ0n) is 6.19. The van der Waals surface area contributed by atoms with Crippen LogP contribution in [0.25, 0.3) is 0 Å². The molecule has 10 heavy (non-hydrogen) atoms. The smallest absolute Gasteiger partial charge is 0.0201 e. The SMILES string of the molecule is CN(I)C1CCC(I)CC1. The predicted molar refractivity (Wildman–Crippen MR) is 61.8 cm³/mol. The first kappa shape index (κ1) is 9.51. The van der Waals surface area contributed by atoms with Crippen LogP contribution in [0.1, 0.15) is 25.7 Å². The second kappa shape index (κ2) is 4.45. The normalized spacial score (nSPS) is 34.8. The van der Waals surface area contributed by atoms with Crippen LogP contribution in [0.2, 0.25) is 0 Å². The Bertz CT molecular complexity index is 97.8. The molecule has 0 N–H and O–H groups in total. The van der Waals surface area contributed by atoms with E-state index < -0.39 is 0 Å². The van der Waals surface area contributed by atoms with E-state index in [1.165, 1.54) is 25.7 Å². The van der Waals surface area contributed by atoms with Crippen LogP contribution < -0.4 is 0 Å². The van der Waals surface area contributed by atoms with Crippen LogP contribution in [-0.2, 0) is 0 Å². The Balaban J connectivity index is 2.26. The van der Waals surface area contributed by atoms with Gasteiger partial charge in [-0.05, 0) is 32.7 Å². The molecule has 0 amide bonds. The molecule has 3 heteroatoms. The zero-order valence-corrected chi connectivity index (χ0v) is 10.5. The fraction of sp³-hybridized carbons (Fsp3) is 1.00. The maximum absolute atomic E-state index is 2.57. The van der Waals surface area contributed by atoms with Crippen molar-refractivity contribution in [3.05, 3.63) is 0 Å². The van der Waals surface area contributed by atoms with Crippen molar-refractivity contribution in [2.75, 3.05) is 7.05 Å². The summed E-state index contributed by atoms with van der Waals surface area (Å²) in [5, 5.41) is 0. The van der Waals surface area contributed by atoms with Gasteiger partial charge in [-0.1, -0.05) is 22.6 Å². The lowest BCUT2D eigenvalue weighted by Crippen LogP contribution is -2.28. The fourth-order valence-corrected chi connectivity index (χ4v) is 2.67. The Hall–Kier alpha value is 1.42. The van der Waals surface area contributed by atoms with Crippen LogP contribution in [0, 0.1) is 0 Å². The summed E-state index contributed by atoms with van der Waals surface area (Å²) in [5.41, 5.74) is 0. The monoisotopic (exact) mass is 365 g/mol. The van der Waals surface area contributed by atoms with E-state index in [0.29, 0.717) is 0 Å². The molecule has 0 aromatic rings. The summed E-state index contributed by atoms with van der Waals surface area (Å²) in [4.78, 5) is 0. The van der Waals surface area contributed by atoms with E-state index in [4.69, 9.17) is 0 Å². The van der Waals surface area contributed by atoms with Crippen LogP contribution in [0.3, 0.4) is 0 Å². The van der Waals surface area contributed by atoms with Gasteiger partial charge in [0.1, 0.15) is 0 Å². The molecule has 1 aliphatic carbocycles. The van der Waals surface area contributed by atoms with E-state index in [1.807, 2.05) is 0 Å². The van der Waals surface area contributed by atoms with E-state index >= 15 is 0 Å². The van der Waals surface area contributed by atoms with Gasteiger partial charge >= 0.3 is 0 Å². The third-order valence-corrected chi connectivity index (χ3v) is 4.16.